The Morgan fingerprint density at radius 2 is 1.53 bits per heavy atom. The number of hydrogen-bond donors (Lipinski definition) is 1. The van der Waals surface area contributed by atoms with Crippen molar-refractivity contribution in [2.24, 2.45) is 0 Å². The molecule has 0 saturated heterocycles. The first kappa shape index (κ1) is 21.9. The van der Waals surface area contributed by atoms with Crippen molar-refractivity contribution < 1.29 is 19.4 Å². The van der Waals surface area contributed by atoms with Crippen LogP contribution in [-0.4, -0.2) is 30.4 Å². The van der Waals surface area contributed by atoms with E-state index in [1.807, 2.05) is 42.5 Å². The smallest absolute Gasteiger partial charge is 0.333 e. The minimum Gasteiger partial charge on any atom is -0.493 e. The van der Waals surface area contributed by atoms with Crippen molar-refractivity contribution in [2.75, 3.05) is 13.2 Å². The van der Waals surface area contributed by atoms with Crippen LogP contribution in [0.1, 0.15) is 18.1 Å². The van der Waals surface area contributed by atoms with Crippen LogP contribution in [0.4, 0.5) is 0 Å². The SMILES string of the molecule is CCO[C@@H](Cc1ccc(OCCc2ccc(Sc3ccccc3)cc2)cc1)C(=O)O. The second-order valence-corrected chi connectivity index (χ2v) is 7.93. The zero-order valence-corrected chi connectivity index (χ0v) is 17.8. The topological polar surface area (TPSA) is 55.8 Å². The van der Waals surface area contributed by atoms with Gasteiger partial charge in [-0.25, -0.2) is 4.79 Å². The molecule has 156 valence electrons. The van der Waals surface area contributed by atoms with Crippen molar-refractivity contribution in [3.05, 3.63) is 90.0 Å². The van der Waals surface area contributed by atoms with Gasteiger partial charge < -0.3 is 14.6 Å². The summed E-state index contributed by atoms with van der Waals surface area (Å²) in [7, 11) is 0. The predicted octanol–water partition coefficient (Wildman–Crippen LogP) is 5.49. The quantitative estimate of drug-likeness (QED) is 0.443. The lowest BCUT2D eigenvalue weighted by atomic mass is 10.1. The highest BCUT2D eigenvalue weighted by molar-refractivity contribution is 7.99. The van der Waals surface area contributed by atoms with Crippen LogP contribution in [0.15, 0.2) is 88.7 Å². The molecule has 0 aliphatic carbocycles. The van der Waals surface area contributed by atoms with Gasteiger partial charge in [0.1, 0.15) is 5.75 Å². The minimum absolute atomic E-state index is 0.344. The van der Waals surface area contributed by atoms with Gasteiger partial charge in [-0.15, -0.1) is 0 Å². The monoisotopic (exact) mass is 422 g/mol. The molecule has 30 heavy (non-hydrogen) atoms. The Hall–Kier alpha value is -2.76. The molecule has 1 atom stereocenters. The van der Waals surface area contributed by atoms with Crippen LogP contribution >= 0.6 is 11.8 Å². The molecule has 0 fully saturated rings. The highest BCUT2D eigenvalue weighted by atomic mass is 32.2. The third-order valence-corrected chi connectivity index (χ3v) is 5.57. The number of rotatable bonds is 11. The number of aliphatic carboxylic acids is 1. The van der Waals surface area contributed by atoms with E-state index in [2.05, 4.69) is 36.4 Å². The number of benzene rings is 3. The van der Waals surface area contributed by atoms with E-state index in [4.69, 9.17) is 9.47 Å². The van der Waals surface area contributed by atoms with E-state index in [1.54, 1.807) is 18.7 Å². The van der Waals surface area contributed by atoms with Gasteiger partial charge in [0.15, 0.2) is 6.10 Å². The summed E-state index contributed by atoms with van der Waals surface area (Å²) in [5.41, 5.74) is 2.14. The van der Waals surface area contributed by atoms with Crippen molar-refractivity contribution in [3.63, 3.8) is 0 Å². The molecule has 0 aliphatic rings. The largest absolute Gasteiger partial charge is 0.493 e. The molecular weight excluding hydrogens is 396 g/mol. The Kier molecular flexibility index (Phi) is 8.36. The third kappa shape index (κ3) is 6.94. The average Bonchev–Trinajstić information content (AvgIpc) is 2.76. The molecule has 0 spiro atoms. The van der Waals surface area contributed by atoms with E-state index in [0.717, 1.165) is 17.7 Å². The molecule has 4 nitrogen and oxygen atoms in total. The molecule has 0 bridgehead atoms. The van der Waals surface area contributed by atoms with Crippen LogP contribution in [0.25, 0.3) is 0 Å². The first-order chi connectivity index (χ1) is 14.6. The van der Waals surface area contributed by atoms with Gasteiger partial charge in [-0.1, -0.05) is 54.2 Å². The van der Waals surface area contributed by atoms with Crippen molar-refractivity contribution in [1.29, 1.82) is 0 Å². The third-order valence-electron chi connectivity index (χ3n) is 4.55. The van der Waals surface area contributed by atoms with E-state index in [9.17, 15) is 9.90 Å². The molecule has 0 amide bonds. The fourth-order valence-corrected chi connectivity index (χ4v) is 3.83. The van der Waals surface area contributed by atoms with E-state index in [1.165, 1.54) is 15.4 Å². The fraction of sp³-hybridized carbons (Fsp3) is 0.240. The number of carboxylic acid groups (broad SMARTS) is 1. The first-order valence-electron chi connectivity index (χ1n) is 10.0. The van der Waals surface area contributed by atoms with Crippen molar-refractivity contribution in [2.45, 2.75) is 35.7 Å². The predicted molar refractivity (Wildman–Crippen MR) is 119 cm³/mol. The molecule has 0 saturated carbocycles. The molecule has 0 unspecified atom stereocenters. The summed E-state index contributed by atoms with van der Waals surface area (Å²) in [5.74, 6) is -0.163. The lowest BCUT2D eigenvalue weighted by Gasteiger charge is -2.13. The van der Waals surface area contributed by atoms with Crippen LogP contribution < -0.4 is 4.74 Å². The van der Waals surface area contributed by atoms with Gasteiger partial charge in [-0.05, 0) is 54.4 Å². The highest BCUT2D eigenvalue weighted by Gasteiger charge is 2.17. The first-order valence-corrected chi connectivity index (χ1v) is 10.8. The van der Waals surface area contributed by atoms with Gasteiger partial charge in [0, 0.05) is 29.2 Å². The van der Waals surface area contributed by atoms with Gasteiger partial charge in [-0.3, -0.25) is 0 Å². The molecule has 3 rings (SSSR count). The van der Waals surface area contributed by atoms with E-state index < -0.39 is 12.1 Å². The summed E-state index contributed by atoms with van der Waals surface area (Å²) in [6, 6.07) is 26.4. The lowest BCUT2D eigenvalue weighted by molar-refractivity contribution is -0.149. The molecular formula is C25H26O4S. The minimum atomic E-state index is -0.939. The second kappa shape index (κ2) is 11.4. The van der Waals surface area contributed by atoms with Gasteiger partial charge in [0.05, 0.1) is 6.61 Å². The zero-order valence-electron chi connectivity index (χ0n) is 17.0. The Bertz CT molecular complexity index is 908. The maximum absolute atomic E-state index is 11.2. The van der Waals surface area contributed by atoms with Gasteiger partial charge in [0.25, 0.3) is 0 Å². The molecule has 0 aromatic heterocycles. The number of hydrogen-bond acceptors (Lipinski definition) is 4. The molecule has 3 aromatic carbocycles. The number of carbonyl (C=O) groups is 1. The normalized spacial score (nSPS) is 11.8. The van der Waals surface area contributed by atoms with Crippen LogP contribution in [-0.2, 0) is 22.4 Å². The average molecular weight is 423 g/mol. The molecule has 0 radical (unpaired) electrons. The number of carboxylic acids is 1. The van der Waals surface area contributed by atoms with E-state index >= 15 is 0 Å². The Balaban J connectivity index is 1.45. The summed E-state index contributed by atoms with van der Waals surface area (Å²) < 4.78 is 11.1. The Morgan fingerprint density at radius 3 is 2.17 bits per heavy atom. The van der Waals surface area contributed by atoms with Crippen LogP contribution in [0, 0.1) is 0 Å². The molecule has 0 aliphatic heterocycles. The van der Waals surface area contributed by atoms with Crippen LogP contribution in [0.2, 0.25) is 0 Å². The standard InChI is InChI=1S/C25H26O4S/c1-2-28-24(25(26)27)18-20-8-12-21(13-9-20)29-17-16-19-10-14-23(15-11-19)30-22-6-4-3-5-7-22/h3-15,24H,2,16-18H2,1H3,(H,26,27)/t24-/m0/s1. The van der Waals surface area contributed by atoms with Crippen LogP contribution in [0.5, 0.6) is 5.75 Å². The molecule has 1 N–H and O–H groups in total. The fourth-order valence-electron chi connectivity index (χ4n) is 2.99. The number of ether oxygens (including phenoxy) is 2. The highest BCUT2D eigenvalue weighted by Crippen LogP contribution is 2.27. The summed E-state index contributed by atoms with van der Waals surface area (Å²) in [4.78, 5) is 13.6. The Labute approximate surface area is 181 Å². The van der Waals surface area contributed by atoms with Gasteiger partial charge in [0.2, 0.25) is 0 Å². The summed E-state index contributed by atoms with van der Waals surface area (Å²) in [6.07, 6.45) is 0.352. The molecule has 5 heteroatoms. The summed E-state index contributed by atoms with van der Waals surface area (Å²) in [5, 5.41) is 9.18. The summed E-state index contributed by atoms with van der Waals surface area (Å²) in [6.45, 7) is 2.76. The molecule has 3 aromatic rings. The lowest BCUT2D eigenvalue weighted by Crippen LogP contribution is -2.26. The second-order valence-electron chi connectivity index (χ2n) is 6.79. The molecule has 0 heterocycles. The van der Waals surface area contributed by atoms with Crippen molar-refractivity contribution in [1.82, 2.24) is 0 Å². The van der Waals surface area contributed by atoms with Gasteiger partial charge in [-0.2, -0.15) is 0 Å². The van der Waals surface area contributed by atoms with Gasteiger partial charge >= 0.3 is 5.97 Å². The van der Waals surface area contributed by atoms with Crippen LogP contribution in [0.3, 0.4) is 0 Å². The van der Waals surface area contributed by atoms with Crippen molar-refractivity contribution in [3.8, 4) is 5.75 Å². The summed E-state index contributed by atoms with van der Waals surface area (Å²) >= 11 is 1.75. The Morgan fingerprint density at radius 1 is 0.900 bits per heavy atom. The zero-order chi connectivity index (χ0) is 21.2. The van der Waals surface area contributed by atoms with Crippen molar-refractivity contribution >= 4 is 17.7 Å². The maximum Gasteiger partial charge on any atom is 0.333 e. The van der Waals surface area contributed by atoms with E-state index in [0.29, 0.717) is 19.6 Å². The maximum atomic E-state index is 11.2. The van der Waals surface area contributed by atoms with E-state index in [-0.39, 0.29) is 0 Å².